The average Bonchev–Trinajstić information content (AvgIpc) is 2.45. The first-order valence-corrected chi connectivity index (χ1v) is 3.96. The van der Waals surface area contributed by atoms with E-state index in [1.807, 2.05) is 0 Å². The van der Waals surface area contributed by atoms with Gasteiger partial charge >= 0.3 is 5.97 Å². The molecule has 3 nitrogen and oxygen atoms in total. The first-order valence-electron chi connectivity index (χ1n) is 3.42. The summed E-state index contributed by atoms with van der Waals surface area (Å²) in [6.45, 7) is 1.75. The van der Waals surface area contributed by atoms with Crippen LogP contribution in [0, 0.1) is 6.92 Å². The van der Waals surface area contributed by atoms with Gasteiger partial charge < -0.3 is 9.15 Å². The number of carbonyl (C=O) groups excluding carboxylic acids is 1. The summed E-state index contributed by atoms with van der Waals surface area (Å²) in [6.07, 6.45) is 0. The average molecular weight is 189 g/mol. The first-order chi connectivity index (χ1) is 5.69. The molecule has 0 saturated carbocycles. The minimum Gasteiger partial charge on any atom is -0.465 e. The van der Waals surface area contributed by atoms with Crippen LogP contribution >= 0.6 is 11.6 Å². The molecular weight excluding hydrogens is 180 g/mol. The number of rotatable bonds is 2. The number of furan rings is 1. The van der Waals surface area contributed by atoms with Crippen molar-refractivity contribution in [3.63, 3.8) is 0 Å². The fourth-order valence-electron chi connectivity index (χ4n) is 0.945. The molecule has 0 aliphatic heterocycles. The number of alkyl halides is 1. The molecule has 0 unspecified atom stereocenters. The highest BCUT2D eigenvalue weighted by Gasteiger charge is 2.15. The fraction of sp³-hybridized carbons (Fsp3) is 0.375. The summed E-state index contributed by atoms with van der Waals surface area (Å²) in [6, 6.07) is 1.61. The number of methoxy groups -OCH3 is 1. The molecule has 0 fully saturated rings. The molecule has 12 heavy (non-hydrogen) atoms. The number of ether oxygens (including phenoxy) is 1. The standard InChI is InChI=1S/C8H9ClO3/c1-5-3-6(8(10)11-2)7(4-9)12-5/h3H,4H2,1-2H3. The molecule has 0 aromatic carbocycles. The SMILES string of the molecule is COC(=O)c1cc(C)oc1CCl. The van der Waals surface area contributed by atoms with E-state index in [0.717, 1.165) is 0 Å². The van der Waals surface area contributed by atoms with Gasteiger partial charge in [-0.25, -0.2) is 4.79 Å². The molecule has 1 aromatic heterocycles. The molecule has 0 N–H and O–H groups in total. The molecule has 1 rings (SSSR count). The summed E-state index contributed by atoms with van der Waals surface area (Å²) >= 11 is 5.54. The Hall–Kier alpha value is -0.960. The second-order valence-corrected chi connectivity index (χ2v) is 2.59. The van der Waals surface area contributed by atoms with Crippen molar-refractivity contribution in [3.8, 4) is 0 Å². The summed E-state index contributed by atoms with van der Waals surface area (Å²) < 4.78 is 9.69. The van der Waals surface area contributed by atoms with Crippen LogP contribution in [-0.4, -0.2) is 13.1 Å². The number of aryl methyl sites for hydroxylation is 1. The fourth-order valence-corrected chi connectivity index (χ4v) is 1.14. The van der Waals surface area contributed by atoms with E-state index in [2.05, 4.69) is 4.74 Å². The third-order valence-electron chi connectivity index (χ3n) is 1.46. The van der Waals surface area contributed by atoms with Gasteiger partial charge in [-0.05, 0) is 13.0 Å². The van der Waals surface area contributed by atoms with Gasteiger partial charge in [0.05, 0.1) is 13.0 Å². The van der Waals surface area contributed by atoms with Crippen molar-refractivity contribution >= 4 is 17.6 Å². The Morgan fingerprint density at radius 1 is 1.75 bits per heavy atom. The predicted molar refractivity (Wildman–Crippen MR) is 44.3 cm³/mol. The van der Waals surface area contributed by atoms with Gasteiger partial charge in [0.25, 0.3) is 0 Å². The van der Waals surface area contributed by atoms with Crippen molar-refractivity contribution in [2.75, 3.05) is 7.11 Å². The van der Waals surface area contributed by atoms with E-state index < -0.39 is 5.97 Å². The van der Waals surface area contributed by atoms with Gasteiger partial charge in [-0.15, -0.1) is 11.6 Å². The monoisotopic (exact) mass is 188 g/mol. The molecule has 0 bridgehead atoms. The van der Waals surface area contributed by atoms with E-state index in [4.69, 9.17) is 16.0 Å². The molecule has 66 valence electrons. The van der Waals surface area contributed by atoms with E-state index in [0.29, 0.717) is 17.1 Å². The van der Waals surface area contributed by atoms with Crippen LogP contribution in [-0.2, 0) is 10.6 Å². The van der Waals surface area contributed by atoms with Crippen molar-refractivity contribution in [1.29, 1.82) is 0 Å². The summed E-state index contributed by atoms with van der Waals surface area (Å²) in [5.74, 6) is 0.882. The maximum absolute atomic E-state index is 11.1. The highest BCUT2D eigenvalue weighted by atomic mass is 35.5. The van der Waals surface area contributed by atoms with Crippen LogP contribution in [0.15, 0.2) is 10.5 Å². The molecule has 0 saturated heterocycles. The Morgan fingerprint density at radius 2 is 2.42 bits per heavy atom. The molecule has 0 amide bonds. The second kappa shape index (κ2) is 3.63. The molecule has 0 spiro atoms. The van der Waals surface area contributed by atoms with Crippen molar-refractivity contribution in [2.24, 2.45) is 0 Å². The summed E-state index contributed by atoms with van der Waals surface area (Å²) in [5.41, 5.74) is 0.407. The molecule has 1 aromatic rings. The molecule has 1 heterocycles. The van der Waals surface area contributed by atoms with Crippen LogP contribution in [0.3, 0.4) is 0 Å². The maximum Gasteiger partial charge on any atom is 0.341 e. The largest absolute Gasteiger partial charge is 0.465 e. The molecule has 0 aliphatic rings. The third-order valence-corrected chi connectivity index (χ3v) is 1.70. The van der Waals surface area contributed by atoms with Gasteiger partial charge in [-0.2, -0.15) is 0 Å². The van der Waals surface area contributed by atoms with Crippen molar-refractivity contribution in [3.05, 3.63) is 23.2 Å². The molecular formula is C8H9ClO3. The Morgan fingerprint density at radius 3 is 2.92 bits per heavy atom. The Bertz CT molecular complexity index is 290. The van der Waals surface area contributed by atoms with E-state index >= 15 is 0 Å². The normalized spacial score (nSPS) is 9.92. The molecule has 0 radical (unpaired) electrons. The maximum atomic E-state index is 11.1. The van der Waals surface area contributed by atoms with Crippen LogP contribution in [0.5, 0.6) is 0 Å². The summed E-state index contributed by atoms with van der Waals surface area (Å²) in [7, 11) is 1.32. The van der Waals surface area contributed by atoms with Gasteiger partial charge in [-0.1, -0.05) is 0 Å². The number of carbonyl (C=O) groups is 1. The third kappa shape index (κ3) is 1.61. The molecule has 0 aliphatic carbocycles. The lowest BCUT2D eigenvalue weighted by atomic mass is 10.2. The second-order valence-electron chi connectivity index (χ2n) is 2.32. The van der Waals surface area contributed by atoms with Crippen LogP contribution in [0.1, 0.15) is 21.9 Å². The Labute approximate surface area is 75.3 Å². The lowest BCUT2D eigenvalue weighted by Gasteiger charge is -1.95. The quantitative estimate of drug-likeness (QED) is 0.527. The van der Waals surface area contributed by atoms with Crippen LogP contribution in [0.4, 0.5) is 0 Å². The zero-order chi connectivity index (χ0) is 9.14. The summed E-state index contributed by atoms with van der Waals surface area (Å²) in [4.78, 5) is 11.1. The lowest BCUT2D eigenvalue weighted by molar-refractivity contribution is 0.0598. The molecule has 4 heteroatoms. The zero-order valence-corrected chi connectivity index (χ0v) is 7.64. The minimum atomic E-state index is -0.414. The van der Waals surface area contributed by atoms with Crippen LogP contribution < -0.4 is 0 Å². The molecule has 0 atom stereocenters. The number of esters is 1. The van der Waals surface area contributed by atoms with Crippen LogP contribution in [0.25, 0.3) is 0 Å². The van der Waals surface area contributed by atoms with Crippen molar-refractivity contribution in [1.82, 2.24) is 0 Å². The van der Waals surface area contributed by atoms with Gasteiger partial charge in [0.2, 0.25) is 0 Å². The topological polar surface area (TPSA) is 39.4 Å². The highest BCUT2D eigenvalue weighted by Crippen LogP contribution is 2.17. The van der Waals surface area contributed by atoms with E-state index in [-0.39, 0.29) is 5.88 Å². The van der Waals surface area contributed by atoms with E-state index in [1.54, 1.807) is 13.0 Å². The van der Waals surface area contributed by atoms with Gasteiger partial charge in [0.15, 0.2) is 0 Å². The number of hydrogen-bond donors (Lipinski definition) is 0. The van der Waals surface area contributed by atoms with Crippen LogP contribution in [0.2, 0.25) is 0 Å². The lowest BCUT2D eigenvalue weighted by Crippen LogP contribution is -2.01. The number of halogens is 1. The number of hydrogen-bond acceptors (Lipinski definition) is 3. The van der Waals surface area contributed by atoms with Gasteiger partial charge in [-0.3, -0.25) is 0 Å². The van der Waals surface area contributed by atoms with Crippen molar-refractivity contribution < 1.29 is 13.9 Å². The van der Waals surface area contributed by atoms with E-state index in [9.17, 15) is 4.79 Å². The zero-order valence-electron chi connectivity index (χ0n) is 6.89. The Balaban J connectivity index is 3.04. The minimum absolute atomic E-state index is 0.179. The summed E-state index contributed by atoms with van der Waals surface area (Å²) in [5, 5.41) is 0. The van der Waals surface area contributed by atoms with Crippen molar-refractivity contribution in [2.45, 2.75) is 12.8 Å². The van der Waals surface area contributed by atoms with E-state index in [1.165, 1.54) is 7.11 Å². The highest BCUT2D eigenvalue weighted by molar-refractivity contribution is 6.17. The predicted octanol–water partition coefficient (Wildman–Crippen LogP) is 2.11. The van der Waals surface area contributed by atoms with Gasteiger partial charge in [0, 0.05) is 0 Å². The first kappa shape index (κ1) is 9.13. The van der Waals surface area contributed by atoms with Gasteiger partial charge in [0.1, 0.15) is 17.1 Å². The Kier molecular flexibility index (Phi) is 2.76. The smallest absolute Gasteiger partial charge is 0.341 e.